The van der Waals surface area contributed by atoms with Crippen molar-refractivity contribution in [2.45, 2.75) is 6.54 Å². The molecular weight excluding hydrogens is 170 g/mol. The predicted octanol–water partition coefficient (Wildman–Crippen LogP) is -1.32. The Bertz CT molecular complexity index is 321. The van der Waals surface area contributed by atoms with Crippen molar-refractivity contribution >= 4 is 17.7 Å². The number of hydrogen-bond acceptors (Lipinski definition) is 5. The SMILES string of the molecule is NCc1nnc(N)n(Cl)c1=O. The van der Waals surface area contributed by atoms with Crippen LogP contribution in [0.2, 0.25) is 0 Å². The van der Waals surface area contributed by atoms with Gasteiger partial charge >= 0.3 is 0 Å². The molecular formula is C4H6ClN5O. The van der Waals surface area contributed by atoms with E-state index in [0.717, 1.165) is 0 Å². The lowest BCUT2D eigenvalue weighted by molar-refractivity contribution is 0.828. The third kappa shape index (κ3) is 1.31. The number of rotatable bonds is 1. The molecule has 0 aliphatic heterocycles. The summed E-state index contributed by atoms with van der Waals surface area (Å²) in [6.45, 7) is -0.00116. The zero-order chi connectivity index (χ0) is 8.43. The minimum Gasteiger partial charge on any atom is -0.367 e. The predicted molar refractivity (Wildman–Crippen MR) is 39.8 cm³/mol. The maximum Gasteiger partial charge on any atom is 0.293 e. The molecule has 1 aromatic rings. The maximum absolute atomic E-state index is 11.0. The van der Waals surface area contributed by atoms with E-state index in [0.29, 0.717) is 4.09 Å². The first kappa shape index (κ1) is 7.96. The fraction of sp³-hybridized carbons (Fsp3) is 0.250. The van der Waals surface area contributed by atoms with Crippen LogP contribution in [0.1, 0.15) is 5.69 Å². The highest BCUT2D eigenvalue weighted by atomic mass is 35.5. The summed E-state index contributed by atoms with van der Waals surface area (Å²) in [6, 6.07) is 0. The highest BCUT2D eigenvalue weighted by Crippen LogP contribution is 1.93. The second-order valence-corrected chi connectivity index (χ2v) is 2.13. The minimum atomic E-state index is -0.526. The molecule has 0 saturated heterocycles. The fourth-order valence-electron chi connectivity index (χ4n) is 0.539. The fourth-order valence-corrected chi connectivity index (χ4v) is 0.670. The second-order valence-electron chi connectivity index (χ2n) is 1.80. The minimum absolute atomic E-state index is 0.00116. The van der Waals surface area contributed by atoms with E-state index >= 15 is 0 Å². The van der Waals surface area contributed by atoms with Crippen LogP contribution in [0.4, 0.5) is 5.95 Å². The zero-order valence-electron chi connectivity index (χ0n) is 5.49. The van der Waals surface area contributed by atoms with Crippen LogP contribution in [0.3, 0.4) is 0 Å². The van der Waals surface area contributed by atoms with Gasteiger partial charge in [-0.05, 0) is 0 Å². The summed E-state index contributed by atoms with van der Waals surface area (Å²) >= 11 is 5.38. The molecule has 0 atom stereocenters. The van der Waals surface area contributed by atoms with Crippen molar-refractivity contribution < 1.29 is 0 Å². The van der Waals surface area contributed by atoms with Gasteiger partial charge in [-0.25, -0.2) is 0 Å². The number of nitrogens with zero attached hydrogens (tertiary/aromatic N) is 3. The Kier molecular flexibility index (Phi) is 2.06. The average molecular weight is 176 g/mol. The average Bonchev–Trinajstić information content (AvgIpc) is 2.01. The molecule has 7 heteroatoms. The lowest BCUT2D eigenvalue weighted by Crippen LogP contribution is -2.25. The number of hydrogen-bond donors (Lipinski definition) is 2. The Morgan fingerprint density at radius 1 is 1.55 bits per heavy atom. The van der Waals surface area contributed by atoms with Crippen LogP contribution in [0.15, 0.2) is 4.79 Å². The molecule has 0 amide bonds. The highest BCUT2D eigenvalue weighted by molar-refractivity contribution is 6.16. The van der Waals surface area contributed by atoms with E-state index in [1.807, 2.05) is 0 Å². The lowest BCUT2D eigenvalue weighted by Gasteiger charge is -1.98. The molecule has 6 nitrogen and oxygen atoms in total. The summed E-state index contributed by atoms with van der Waals surface area (Å²) in [7, 11) is 0. The summed E-state index contributed by atoms with van der Waals surface area (Å²) in [5.41, 5.74) is 9.88. The quantitative estimate of drug-likeness (QED) is 0.552. The summed E-state index contributed by atoms with van der Waals surface area (Å²) in [5.74, 6) is -0.145. The topological polar surface area (TPSA) is 99.8 Å². The normalized spacial score (nSPS) is 10.0. The molecule has 0 saturated carbocycles. The van der Waals surface area contributed by atoms with Crippen LogP contribution in [0.5, 0.6) is 0 Å². The summed E-state index contributed by atoms with van der Waals surface area (Å²) in [6.07, 6.45) is 0. The van der Waals surface area contributed by atoms with Crippen LogP contribution < -0.4 is 17.0 Å². The van der Waals surface area contributed by atoms with Gasteiger partial charge in [0.2, 0.25) is 5.95 Å². The summed E-state index contributed by atoms with van der Waals surface area (Å²) in [4.78, 5) is 11.0. The van der Waals surface area contributed by atoms with Gasteiger partial charge in [0.1, 0.15) is 5.69 Å². The van der Waals surface area contributed by atoms with Crippen molar-refractivity contribution in [3.63, 3.8) is 0 Å². The van der Waals surface area contributed by atoms with Crippen LogP contribution in [-0.4, -0.2) is 14.3 Å². The van der Waals surface area contributed by atoms with Gasteiger partial charge in [0, 0.05) is 18.3 Å². The van der Waals surface area contributed by atoms with Crippen LogP contribution >= 0.6 is 11.8 Å². The van der Waals surface area contributed by atoms with Gasteiger partial charge < -0.3 is 11.5 Å². The van der Waals surface area contributed by atoms with Crippen LogP contribution in [0, 0.1) is 0 Å². The Morgan fingerprint density at radius 3 is 2.73 bits per heavy atom. The Labute approximate surface area is 66.9 Å². The van der Waals surface area contributed by atoms with Crippen molar-refractivity contribution in [1.82, 2.24) is 14.3 Å². The van der Waals surface area contributed by atoms with Gasteiger partial charge in [-0.2, -0.15) is 4.09 Å². The number of halogens is 1. The van der Waals surface area contributed by atoms with E-state index in [9.17, 15) is 4.79 Å². The first-order valence-electron chi connectivity index (χ1n) is 2.77. The van der Waals surface area contributed by atoms with Gasteiger partial charge in [-0.3, -0.25) is 4.79 Å². The monoisotopic (exact) mass is 175 g/mol. The molecule has 0 bridgehead atoms. The number of nitrogens with two attached hydrogens (primary N) is 2. The molecule has 0 radical (unpaired) electrons. The molecule has 0 unspecified atom stereocenters. The van der Waals surface area contributed by atoms with E-state index in [-0.39, 0.29) is 18.2 Å². The second kappa shape index (κ2) is 2.85. The Balaban J connectivity index is 3.37. The van der Waals surface area contributed by atoms with E-state index < -0.39 is 5.56 Å². The van der Waals surface area contributed by atoms with Gasteiger partial charge in [0.15, 0.2) is 0 Å². The molecule has 1 rings (SSSR count). The van der Waals surface area contributed by atoms with Gasteiger partial charge in [0.05, 0.1) is 0 Å². The first-order chi connectivity index (χ1) is 5.16. The molecule has 1 heterocycles. The third-order valence-corrected chi connectivity index (χ3v) is 1.42. The lowest BCUT2D eigenvalue weighted by atomic mass is 10.5. The molecule has 11 heavy (non-hydrogen) atoms. The molecule has 0 aromatic carbocycles. The Morgan fingerprint density at radius 2 is 2.18 bits per heavy atom. The highest BCUT2D eigenvalue weighted by Gasteiger charge is 2.05. The van der Waals surface area contributed by atoms with Crippen molar-refractivity contribution in [1.29, 1.82) is 0 Å². The van der Waals surface area contributed by atoms with Crippen molar-refractivity contribution in [3.05, 3.63) is 16.0 Å². The molecule has 4 N–H and O–H groups in total. The molecule has 60 valence electrons. The van der Waals surface area contributed by atoms with Gasteiger partial charge in [0.25, 0.3) is 5.56 Å². The van der Waals surface area contributed by atoms with Crippen molar-refractivity contribution in [2.24, 2.45) is 5.73 Å². The summed E-state index contributed by atoms with van der Waals surface area (Å²) in [5, 5.41) is 6.83. The van der Waals surface area contributed by atoms with Crippen molar-refractivity contribution in [2.75, 3.05) is 5.73 Å². The maximum atomic E-state index is 11.0. The Hall–Kier alpha value is -1.14. The van der Waals surface area contributed by atoms with E-state index in [1.54, 1.807) is 0 Å². The molecule has 0 aliphatic rings. The van der Waals surface area contributed by atoms with Gasteiger partial charge in [-0.15, -0.1) is 10.2 Å². The largest absolute Gasteiger partial charge is 0.367 e. The van der Waals surface area contributed by atoms with E-state index in [1.165, 1.54) is 0 Å². The van der Waals surface area contributed by atoms with E-state index in [4.69, 9.17) is 23.2 Å². The molecule has 1 aromatic heterocycles. The van der Waals surface area contributed by atoms with E-state index in [2.05, 4.69) is 10.2 Å². The summed E-state index contributed by atoms with van der Waals surface area (Å²) < 4.78 is 0.676. The molecule has 0 spiro atoms. The third-order valence-electron chi connectivity index (χ3n) is 1.09. The number of aromatic nitrogens is 3. The number of anilines is 1. The smallest absolute Gasteiger partial charge is 0.293 e. The zero-order valence-corrected chi connectivity index (χ0v) is 6.25. The van der Waals surface area contributed by atoms with Gasteiger partial charge in [-0.1, -0.05) is 0 Å². The van der Waals surface area contributed by atoms with Crippen LogP contribution in [0.25, 0.3) is 0 Å². The molecule has 0 fully saturated rings. The number of nitrogen functional groups attached to an aromatic ring is 1. The first-order valence-corrected chi connectivity index (χ1v) is 3.11. The molecule has 0 aliphatic carbocycles. The van der Waals surface area contributed by atoms with Crippen molar-refractivity contribution in [3.8, 4) is 0 Å². The standard InChI is InChI=1S/C4H6ClN5O/c5-10-3(11)2(1-6)8-9-4(10)7/h1,6H2,(H2,7,9). The van der Waals surface area contributed by atoms with Crippen LogP contribution in [-0.2, 0) is 6.54 Å².